The van der Waals surface area contributed by atoms with Gasteiger partial charge in [0.25, 0.3) is 5.69 Å². The molecule has 0 saturated carbocycles. The van der Waals surface area contributed by atoms with E-state index in [0.717, 1.165) is 0 Å². The first-order chi connectivity index (χ1) is 12.0. The second kappa shape index (κ2) is 6.68. The van der Waals surface area contributed by atoms with E-state index in [1.54, 1.807) is 11.9 Å². The van der Waals surface area contributed by atoms with Gasteiger partial charge in [-0.1, -0.05) is 12.1 Å². The molecular weight excluding hydrogens is 326 g/mol. The minimum Gasteiger partial charge on any atom is -0.486 e. The fourth-order valence-corrected chi connectivity index (χ4v) is 2.70. The molecular formula is C17H17N3O5. The Kier molecular flexibility index (Phi) is 4.42. The lowest BCUT2D eigenvalue weighted by Crippen LogP contribution is -2.39. The largest absolute Gasteiger partial charge is 0.486 e. The molecule has 25 heavy (non-hydrogen) atoms. The van der Waals surface area contributed by atoms with Gasteiger partial charge in [-0.2, -0.15) is 0 Å². The van der Waals surface area contributed by atoms with Crippen LogP contribution >= 0.6 is 0 Å². The molecule has 0 bridgehead atoms. The van der Waals surface area contributed by atoms with E-state index in [2.05, 4.69) is 0 Å². The Morgan fingerprint density at radius 3 is 2.72 bits per heavy atom. The predicted molar refractivity (Wildman–Crippen MR) is 91.2 cm³/mol. The van der Waals surface area contributed by atoms with Crippen molar-refractivity contribution in [3.63, 3.8) is 0 Å². The number of fused-ring (bicyclic) bond motifs is 1. The zero-order valence-electron chi connectivity index (χ0n) is 13.5. The van der Waals surface area contributed by atoms with Crippen molar-refractivity contribution in [1.82, 2.24) is 0 Å². The fraction of sp³-hybridized carbons (Fsp3) is 0.235. The maximum atomic E-state index is 11.3. The van der Waals surface area contributed by atoms with Crippen molar-refractivity contribution in [2.24, 2.45) is 5.73 Å². The van der Waals surface area contributed by atoms with Crippen LogP contribution in [0.3, 0.4) is 0 Å². The number of nitrogens with two attached hydrogens (primary N) is 1. The molecule has 8 heteroatoms. The second-order valence-corrected chi connectivity index (χ2v) is 5.70. The highest BCUT2D eigenvalue weighted by Gasteiger charge is 2.25. The molecule has 0 saturated heterocycles. The zero-order chi connectivity index (χ0) is 18.0. The third-order valence-corrected chi connectivity index (χ3v) is 3.91. The Balaban J connectivity index is 1.79. The van der Waals surface area contributed by atoms with Crippen molar-refractivity contribution in [2.75, 3.05) is 25.1 Å². The third-order valence-electron chi connectivity index (χ3n) is 3.91. The molecule has 0 spiro atoms. The summed E-state index contributed by atoms with van der Waals surface area (Å²) in [5.41, 5.74) is 5.47. The lowest BCUT2D eigenvalue weighted by atomic mass is 10.1. The van der Waals surface area contributed by atoms with Crippen molar-refractivity contribution in [1.29, 1.82) is 0 Å². The van der Waals surface area contributed by atoms with Crippen molar-refractivity contribution in [3.05, 3.63) is 58.1 Å². The van der Waals surface area contributed by atoms with Gasteiger partial charge in [-0.05, 0) is 24.3 Å². The van der Waals surface area contributed by atoms with Gasteiger partial charge in [0.05, 0.1) is 11.5 Å². The summed E-state index contributed by atoms with van der Waals surface area (Å²) < 4.78 is 11.5. The molecule has 2 aromatic carbocycles. The lowest BCUT2D eigenvalue weighted by molar-refractivity contribution is -0.384. The molecule has 1 aliphatic heterocycles. The minimum atomic E-state index is -0.710. The van der Waals surface area contributed by atoms with Gasteiger partial charge >= 0.3 is 0 Å². The van der Waals surface area contributed by atoms with Crippen LogP contribution in [0.25, 0.3) is 0 Å². The Bertz CT molecular complexity index is 824. The van der Waals surface area contributed by atoms with Crippen molar-refractivity contribution < 1.29 is 19.2 Å². The summed E-state index contributed by atoms with van der Waals surface area (Å²) in [5, 5.41) is 11.3. The number of anilines is 1. The number of hydrogen-bond donors (Lipinski definition) is 1. The van der Waals surface area contributed by atoms with Crippen molar-refractivity contribution in [2.45, 2.75) is 6.10 Å². The van der Waals surface area contributed by atoms with Crippen LogP contribution in [0.5, 0.6) is 11.5 Å². The molecule has 0 unspecified atom stereocenters. The van der Waals surface area contributed by atoms with Crippen LogP contribution in [-0.2, 0) is 0 Å². The SMILES string of the molecule is CN(C[C@@H]1COc2ccccc2O1)c1ccc(C(N)=O)cc1[N+](=O)[O-]. The molecule has 8 nitrogen and oxygen atoms in total. The van der Waals surface area contributed by atoms with Gasteiger partial charge in [-0.15, -0.1) is 0 Å². The molecule has 0 radical (unpaired) electrons. The summed E-state index contributed by atoms with van der Waals surface area (Å²) in [6.45, 7) is 0.722. The lowest BCUT2D eigenvalue weighted by Gasteiger charge is -2.30. The highest BCUT2D eigenvalue weighted by atomic mass is 16.6. The Hall–Kier alpha value is -3.29. The maximum Gasteiger partial charge on any atom is 0.293 e. The van der Waals surface area contributed by atoms with Crippen molar-refractivity contribution in [3.8, 4) is 11.5 Å². The van der Waals surface area contributed by atoms with Crippen LogP contribution in [-0.4, -0.2) is 37.1 Å². The summed E-state index contributed by atoms with van der Waals surface area (Å²) in [6.07, 6.45) is -0.282. The van der Waals surface area contributed by atoms with Gasteiger partial charge in [0.2, 0.25) is 5.91 Å². The van der Waals surface area contributed by atoms with Crippen LogP contribution < -0.4 is 20.1 Å². The summed E-state index contributed by atoms with van der Waals surface area (Å²) in [5.74, 6) is 0.613. The first kappa shape index (κ1) is 16.6. The molecule has 130 valence electrons. The molecule has 1 atom stereocenters. The number of carbonyl (C=O) groups excluding carboxylic acids is 1. The van der Waals surface area contributed by atoms with Gasteiger partial charge in [0, 0.05) is 18.7 Å². The van der Waals surface area contributed by atoms with Crippen molar-refractivity contribution >= 4 is 17.3 Å². The Labute approximate surface area is 143 Å². The number of benzene rings is 2. The smallest absolute Gasteiger partial charge is 0.293 e. The highest BCUT2D eigenvalue weighted by molar-refractivity contribution is 5.94. The number of nitrogens with zero attached hydrogens (tertiary/aromatic N) is 2. The summed E-state index contributed by atoms with van der Waals surface area (Å²) in [7, 11) is 1.72. The first-order valence-electron chi connectivity index (χ1n) is 7.63. The van der Waals surface area contributed by atoms with E-state index in [1.807, 2.05) is 24.3 Å². The minimum absolute atomic E-state index is 0.0926. The van der Waals surface area contributed by atoms with E-state index in [9.17, 15) is 14.9 Å². The molecule has 0 aromatic heterocycles. The van der Waals surface area contributed by atoms with E-state index < -0.39 is 10.8 Å². The number of carbonyl (C=O) groups is 1. The summed E-state index contributed by atoms with van der Waals surface area (Å²) >= 11 is 0. The van der Waals surface area contributed by atoms with Gasteiger partial charge in [-0.3, -0.25) is 14.9 Å². The Morgan fingerprint density at radius 1 is 1.32 bits per heavy atom. The van der Waals surface area contributed by atoms with Crippen LogP contribution in [0, 0.1) is 10.1 Å². The molecule has 2 aromatic rings. The average molecular weight is 343 g/mol. The molecule has 1 aliphatic rings. The first-order valence-corrected chi connectivity index (χ1v) is 7.63. The van der Waals surface area contributed by atoms with E-state index in [-0.39, 0.29) is 17.4 Å². The summed E-state index contributed by atoms with van der Waals surface area (Å²) in [4.78, 5) is 23.7. The van der Waals surface area contributed by atoms with Crippen LogP contribution in [0.1, 0.15) is 10.4 Å². The predicted octanol–water partition coefficient (Wildman–Crippen LogP) is 1.97. The number of nitro groups is 1. The third kappa shape index (κ3) is 3.47. The number of hydrogen-bond acceptors (Lipinski definition) is 6. The molecule has 1 amide bonds. The van der Waals surface area contributed by atoms with E-state index in [1.165, 1.54) is 18.2 Å². The molecule has 2 N–H and O–H groups in total. The number of amides is 1. The molecule has 0 fully saturated rings. The van der Waals surface area contributed by atoms with E-state index >= 15 is 0 Å². The normalized spacial score (nSPS) is 15.5. The van der Waals surface area contributed by atoms with Gasteiger partial charge < -0.3 is 20.1 Å². The van der Waals surface area contributed by atoms with E-state index in [0.29, 0.717) is 30.3 Å². The van der Waals surface area contributed by atoms with E-state index in [4.69, 9.17) is 15.2 Å². The van der Waals surface area contributed by atoms with Crippen LogP contribution in [0.15, 0.2) is 42.5 Å². The van der Waals surface area contributed by atoms with Gasteiger partial charge in [0.1, 0.15) is 12.3 Å². The highest BCUT2D eigenvalue weighted by Crippen LogP contribution is 2.32. The maximum absolute atomic E-state index is 11.3. The topological polar surface area (TPSA) is 108 Å². The summed E-state index contributed by atoms with van der Waals surface area (Å²) in [6, 6.07) is 11.5. The molecule has 3 rings (SSSR count). The fourth-order valence-electron chi connectivity index (χ4n) is 2.70. The Morgan fingerprint density at radius 2 is 2.04 bits per heavy atom. The monoisotopic (exact) mass is 343 g/mol. The number of para-hydroxylation sites is 2. The standard InChI is InChI=1S/C17H17N3O5/c1-19(9-12-10-24-15-4-2-3-5-16(15)25-12)13-7-6-11(17(18)21)8-14(13)20(22)23/h2-8,12H,9-10H2,1H3,(H2,18,21)/t12-/m1/s1. The molecule has 0 aliphatic carbocycles. The number of nitro benzene ring substituents is 1. The second-order valence-electron chi connectivity index (χ2n) is 5.70. The number of likely N-dealkylation sites (N-methyl/N-ethyl adjacent to an activating group) is 1. The van der Waals surface area contributed by atoms with Crippen LogP contribution in [0.2, 0.25) is 0 Å². The number of ether oxygens (including phenoxy) is 2. The van der Waals surface area contributed by atoms with Gasteiger partial charge in [0.15, 0.2) is 17.6 Å². The number of rotatable bonds is 5. The molecule has 1 heterocycles. The van der Waals surface area contributed by atoms with Gasteiger partial charge in [-0.25, -0.2) is 0 Å². The zero-order valence-corrected chi connectivity index (χ0v) is 13.5. The average Bonchev–Trinajstić information content (AvgIpc) is 2.60. The quantitative estimate of drug-likeness (QED) is 0.657. The van der Waals surface area contributed by atoms with Crippen LogP contribution in [0.4, 0.5) is 11.4 Å². The number of primary amides is 1.